The van der Waals surface area contributed by atoms with Gasteiger partial charge in [-0.25, -0.2) is 0 Å². The summed E-state index contributed by atoms with van der Waals surface area (Å²) in [6.45, 7) is 8.72. The van der Waals surface area contributed by atoms with Gasteiger partial charge in [-0.15, -0.1) is 0 Å². The van der Waals surface area contributed by atoms with E-state index in [1.807, 2.05) is 0 Å². The van der Waals surface area contributed by atoms with Crippen LogP contribution in [0.5, 0.6) is 11.5 Å². The molecule has 0 radical (unpaired) electrons. The number of benzene rings is 1. The first kappa shape index (κ1) is 16.7. The Bertz CT molecular complexity index is 561. The van der Waals surface area contributed by atoms with Crippen LogP contribution in [0.1, 0.15) is 45.0 Å². The second kappa shape index (κ2) is 5.99. The monoisotopic (exact) mass is 296 g/mol. The van der Waals surface area contributed by atoms with Gasteiger partial charge < -0.3 is 15.2 Å². The summed E-state index contributed by atoms with van der Waals surface area (Å²) >= 11 is 0. The Hall–Kier alpha value is -2.31. The van der Waals surface area contributed by atoms with E-state index in [1.54, 1.807) is 34.6 Å². The molecule has 0 fully saturated rings. The summed E-state index contributed by atoms with van der Waals surface area (Å²) in [5.41, 5.74) is -0.940. The number of carbonyl (C=O) groups excluding carboxylic acids is 1. The minimum Gasteiger partial charge on any atom is -0.504 e. The molecule has 0 spiro atoms. The van der Waals surface area contributed by atoms with Gasteiger partial charge in [0, 0.05) is 11.6 Å². The molecule has 7 heteroatoms. The largest absolute Gasteiger partial charge is 0.504 e. The molecule has 7 nitrogen and oxygen atoms in total. The molecule has 0 saturated heterocycles. The molecule has 0 aliphatic rings. The zero-order valence-electron chi connectivity index (χ0n) is 12.8. The number of nitrogens with one attached hydrogen (secondary N) is 1. The average molecular weight is 296 g/mol. The van der Waals surface area contributed by atoms with E-state index in [4.69, 9.17) is 4.74 Å². The van der Waals surface area contributed by atoms with Crippen LogP contribution in [0.4, 0.5) is 5.69 Å². The predicted molar refractivity (Wildman–Crippen MR) is 77.7 cm³/mol. The van der Waals surface area contributed by atoms with E-state index in [0.29, 0.717) is 0 Å². The van der Waals surface area contributed by atoms with E-state index < -0.39 is 22.1 Å². The zero-order valence-corrected chi connectivity index (χ0v) is 12.8. The molecule has 2 N–H and O–H groups in total. The lowest BCUT2D eigenvalue weighted by atomic mass is 10.1. The number of hydrogen-bond acceptors (Lipinski definition) is 5. The van der Waals surface area contributed by atoms with Gasteiger partial charge in [-0.1, -0.05) is 0 Å². The number of ether oxygens (including phenoxy) is 1. The van der Waals surface area contributed by atoms with Crippen LogP contribution in [0.2, 0.25) is 0 Å². The molecule has 1 amide bonds. The van der Waals surface area contributed by atoms with Crippen molar-refractivity contribution in [1.82, 2.24) is 5.32 Å². The summed E-state index contributed by atoms with van der Waals surface area (Å²) in [6, 6.07) is 2.36. The Labute approximate surface area is 123 Å². The molecular weight excluding hydrogens is 276 g/mol. The molecule has 1 aromatic carbocycles. The molecule has 116 valence electrons. The number of hydrogen-bond donors (Lipinski definition) is 2. The van der Waals surface area contributed by atoms with Crippen LogP contribution < -0.4 is 10.1 Å². The minimum absolute atomic E-state index is 0.0637. The third kappa shape index (κ3) is 4.34. The van der Waals surface area contributed by atoms with Gasteiger partial charge in [-0.2, -0.15) is 0 Å². The highest BCUT2D eigenvalue weighted by atomic mass is 16.6. The number of nitrogens with zero attached hydrogens (tertiary/aromatic N) is 1. The summed E-state index contributed by atoms with van der Waals surface area (Å²) in [7, 11) is 0. The van der Waals surface area contributed by atoms with Gasteiger partial charge in [0.2, 0.25) is 5.75 Å². The molecule has 0 aromatic heterocycles. The Morgan fingerprint density at radius 1 is 1.38 bits per heavy atom. The van der Waals surface area contributed by atoms with Crippen molar-refractivity contribution in [3.63, 3.8) is 0 Å². The molecule has 0 aliphatic carbocycles. The SMILES string of the molecule is CC(C)Oc1c([N+](=O)[O-])ccc(C(=O)NC(C)(C)C)c1O. The molecule has 0 bridgehead atoms. The first-order valence-corrected chi connectivity index (χ1v) is 6.52. The maximum absolute atomic E-state index is 12.1. The van der Waals surface area contributed by atoms with Crippen molar-refractivity contribution in [3.05, 3.63) is 27.8 Å². The molecular formula is C14H20N2O5. The number of carbonyl (C=O) groups is 1. The van der Waals surface area contributed by atoms with Crippen molar-refractivity contribution < 1.29 is 19.6 Å². The number of nitro groups is 1. The average Bonchev–Trinajstić information content (AvgIpc) is 2.28. The Morgan fingerprint density at radius 3 is 2.38 bits per heavy atom. The first-order valence-electron chi connectivity index (χ1n) is 6.52. The van der Waals surface area contributed by atoms with Crippen LogP contribution >= 0.6 is 0 Å². The predicted octanol–water partition coefficient (Wildman–Crippen LogP) is 2.62. The number of aromatic hydroxyl groups is 1. The van der Waals surface area contributed by atoms with E-state index in [0.717, 1.165) is 6.07 Å². The van der Waals surface area contributed by atoms with E-state index in [9.17, 15) is 20.0 Å². The van der Waals surface area contributed by atoms with Crippen molar-refractivity contribution >= 4 is 11.6 Å². The number of amides is 1. The summed E-state index contributed by atoms with van der Waals surface area (Å²) in [6.07, 6.45) is -0.379. The standard InChI is InChI=1S/C14H20N2O5/c1-8(2)21-12-10(16(19)20)7-6-9(11(12)17)13(18)15-14(3,4)5/h6-8,17H,1-5H3,(H,15,18). The molecule has 1 aromatic rings. The summed E-state index contributed by atoms with van der Waals surface area (Å²) in [5, 5.41) is 23.8. The van der Waals surface area contributed by atoms with Crippen LogP contribution in [0.25, 0.3) is 0 Å². The molecule has 21 heavy (non-hydrogen) atoms. The van der Waals surface area contributed by atoms with Crippen molar-refractivity contribution in [2.75, 3.05) is 0 Å². The van der Waals surface area contributed by atoms with Crippen molar-refractivity contribution in [2.45, 2.75) is 46.3 Å². The van der Waals surface area contributed by atoms with Crippen LogP contribution in [-0.2, 0) is 0 Å². The quantitative estimate of drug-likeness (QED) is 0.657. The van der Waals surface area contributed by atoms with E-state index in [-0.39, 0.29) is 23.1 Å². The first-order chi connectivity index (χ1) is 9.53. The van der Waals surface area contributed by atoms with Gasteiger partial charge >= 0.3 is 5.69 Å². The highest BCUT2D eigenvalue weighted by molar-refractivity contribution is 5.98. The smallest absolute Gasteiger partial charge is 0.314 e. The maximum atomic E-state index is 12.1. The molecule has 0 saturated carbocycles. The fourth-order valence-corrected chi connectivity index (χ4v) is 1.65. The third-order valence-corrected chi connectivity index (χ3v) is 2.39. The lowest BCUT2D eigenvalue weighted by Gasteiger charge is -2.21. The van der Waals surface area contributed by atoms with Gasteiger partial charge in [-0.05, 0) is 40.7 Å². The molecule has 0 heterocycles. The van der Waals surface area contributed by atoms with Crippen LogP contribution in [-0.4, -0.2) is 27.6 Å². The highest BCUT2D eigenvalue weighted by Gasteiger charge is 2.27. The van der Waals surface area contributed by atoms with Crippen molar-refractivity contribution in [2.24, 2.45) is 0 Å². The number of phenolic OH excluding ortho intramolecular Hbond substituents is 1. The molecule has 1 rings (SSSR count). The van der Waals surface area contributed by atoms with E-state index in [1.165, 1.54) is 6.07 Å². The number of nitro benzene ring substituents is 1. The van der Waals surface area contributed by atoms with Gasteiger partial charge in [0.1, 0.15) is 0 Å². The summed E-state index contributed by atoms with van der Waals surface area (Å²) < 4.78 is 5.29. The highest BCUT2D eigenvalue weighted by Crippen LogP contribution is 2.39. The lowest BCUT2D eigenvalue weighted by Crippen LogP contribution is -2.40. The van der Waals surface area contributed by atoms with E-state index in [2.05, 4.69) is 5.32 Å². The number of rotatable bonds is 4. The third-order valence-electron chi connectivity index (χ3n) is 2.39. The Morgan fingerprint density at radius 2 is 1.95 bits per heavy atom. The fraction of sp³-hybridized carbons (Fsp3) is 0.500. The van der Waals surface area contributed by atoms with Crippen molar-refractivity contribution in [3.8, 4) is 11.5 Å². The second-order valence-electron chi connectivity index (χ2n) is 5.94. The minimum atomic E-state index is -0.664. The fourth-order valence-electron chi connectivity index (χ4n) is 1.65. The van der Waals surface area contributed by atoms with Crippen LogP contribution in [0.3, 0.4) is 0 Å². The summed E-state index contributed by atoms with van der Waals surface area (Å²) in [4.78, 5) is 22.4. The van der Waals surface area contributed by atoms with Gasteiger partial charge in [0.15, 0.2) is 5.75 Å². The summed E-state index contributed by atoms with van der Waals surface area (Å²) in [5.74, 6) is -1.35. The maximum Gasteiger partial charge on any atom is 0.314 e. The van der Waals surface area contributed by atoms with Crippen LogP contribution in [0.15, 0.2) is 12.1 Å². The van der Waals surface area contributed by atoms with Gasteiger partial charge in [0.05, 0.1) is 16.6 Å². The zero-order chi connectivity index (χ0) is 16.4. The molecule has 0 atom stereocenters. The van der Waals surface area contributed by atoms with Crippen molar-refractivity contribution in [1.29, 1.82) is 0 Å². The van der Waals surface area contributed by atoms with Crippen LogP contribution in [0, 0.1) is 10.1 Å². The van der Waals surface area contributed by atoms with E-state index >= 15 is 0 Å². The molecule has 0 unspecified atom stereocenters. The second-order valence-corrected chi connectivity index (χ2v) is 5.94. The Balaban J connectivity index is 3.31. The lowest BCUT2D eigenvalue weighted by molar-refractivity contribution is -0.386. The van der Waals surface area contributed by atoms with Gasteiger partial charge in [0.25, 0.3) is 5.91 Å². The topological polar surface area (TPSA) is 102 Å². The number of phenols is 1. The molecule has 0 aliphatic heterocycles. The van der Waals surface area contributed by atoms with Gasteiger partial charge in [-0.3, -0.25) is 14.9 Å². The normalized spacial score (nSPS) is 11.3. The Kier molecular flexibility index (Phi) is 4.77.